The van der Waals surface area contributed by atoms with Gasteiger partial charge in [-0.1, -0.05) is 72.8 Å². The van der Waals surface area contributed by atoms with Crippen molar-refractivity contribution in [1.82, 2.24) is 5.06 Å². The van der Waals surface area contributed by atoms with Crippen molar-refractivity contribution < 1.29 is 9.63 Å². The molecule has 2 aliphatic rings. The molecule has 3 nitrogen and oxygen atoms in total. The van der Waals surface area contributed by atoms with Crippen LogP contribution < -0.4 is 0 Å². The van der Waals surface area contributed by atoms with Gasteiger partial charge in [0.1, 0.15) is 0 Å². The van der Waals surface area contributed by atoms with Crippen LogP contribution in [0, 0.1) is 0 Å². The summed E-state index contributed by atoms with van der Waals surface area (Å²) in [7, 11) is 0. The number of hydroxylamine groups is 2. The van der Waals surface area contributed by atoms with Gasteiger partial charge in [-0.15, -0.1) is 16.8 Å². The number of hydrogen-bond acceptors (Lipinski definition) is 4. The summed E-state index contributed by atoms with van der Waals surface area (Å²) in [6.07, 6.45) is 1.94. The summed E-state index contributed by atoms with van der Waals surface area (Å²) >= 11 is 2.07. The van der Waals surface area contributed by atoms with E-state index in [9.17, 15) is 4.79 Å². The third-order valence-electron chi connectivity index (χ3n) is 5.93. The summed E-state index contributed by atoms with van der Waals surface area (Å²) in [5, 5.41) is 2.20. The van der Waals surface area contributed by atoms with Gasteiger partial charge >= 0.3 is 5.97 Å². The van der Waals surface area contributed by atoms with Crippen LogP contribution in [0.15, 0.2) is 84.9 Å². The second kappa shape index (κ2) is 7.69. The normalized spacial score (nSPS) is 20.3. The minimum absolute atomic E-state index is 0.0900. The molecule has 3 aromatic rings. The molecule has 1 saturated heterocycles. The number of nitrogens with zero attached hydrogens (tertiary/aromatic N) is 1. The minimum atomic E-state index is -0.275. The van der Waals surface area contributed by atoms with Gasteiger partial charge in [-0.3, -0.25) is 0 Å². The summed E-state index contributed by atoms with van der Waals surface area (Å²) in [6.45, 7) is 1.50. The molecule has 1 unspecified atom stereocenters. The largest absolute Gasteiger partial charge is 0.364 e. The summed E-state index contributed by atoms with van der Waals surface area (Å²) in [6, 6.07) is 28.8. The highest BCUT2D eigenvalue weighted by molar-refractivity contribution is 8.01. The van der Waals surface area contributed by atoms with Crippen LogP contribution in [-0.4, -0.2) is 24.1 Å². The molecule has 0 aromatic heterocycles. The molecule has 0 bridgehead atoms. The standard InChI is InChI=1S/C25H23NO2S/c27-24(20-11-5-2-6-12-20)28-26-17-15-25(16-18-26)22-14-8-7-13-21(22)23(29-25)19-9-3-1-4-10-19/h1-14,23H,15-18H2. The summed E-state index contributed by atoms with van der Waals surface area (Å²) in [5.74, 6) is -0.275. The second-order valence-electron chi connectivity index (χ2n) is 7.66. The predicted molar refractivity (Wildman–Crippen MR) is 117 cm³/mol. The number of piperidine rings is 1. The Bertz CT molecular complexity index is 998. The zero-order valence-electron chi connectivity index (χ0n) is 16.2. The van der Waals surface area contributed by atoms with Crippen molar-refractivity contribution in [3.05, 3.63) is 107 Å². The van der Waals surface area contributed by atoms with Crippen molar-refractivity contribution in [2.24, 2.45) is 0 Å². The van der Waals surface area contributed by atoms with Crippen molar-refractivity contribution in [2.45, 2.75) is 22.8 Å². The van der Waals surface area contributed by atoms with Crippen molar-refractivity contribution >= 4 is 17.7 Å². The second-order valence-corrected chi connectivity index (χ2v) is 9.15. The predicted octanol–water partition coefficient (Wildman–Crippen LogP) is 5.59. The molecule has 0 amide bonds. The molecule has 0 aliphatic carbocycles. The maximum atomic E-state index is 12.4. The third-order valence-corrected chi connectivity index (χ3v) is 7.77. The van der Waals surface area contributed by atoms with E-state index < -0.39 is 0 Å². The van der Waals surface area contributed by atoms with E-state index in [0.717, 1.165) is 25.9 Å². The van der Waals surface area contributed by atoms with Gasteiger partial charge in [-0.2, -0.15) is 0 Å². The molecule has 0 N–H and O–H groups in total. The van der Waals surface area contributed by atoms with Gasteiger partial charge in [-0.25, -0.2) is 4.79 Å². The molecule has 1 spiro atoms. The number of carbonyl (C=O) groups excluding carboxylic acids is 1. The molecule has 2 heterocycles. The summed E-state index contributed by atoms with van der Waals surface area (Å²) < 4.78 is 0.0900. The Morgan fingerprint density at radius 1 is 0.862 bits per heavy atom. The fourth-order valence-corrected chi connectivity index (χ4v) is 6.25. The minimum Gasteiger partial charge on any atom is -0.364 e. The van der Waals surface area contributed by atoms with Gasteiger partial charge in [0.2, 0.25) is 0 Å². The Labute approximate surface area is 175 Å². The van der Waals surface area contributed by atoms with Gasteiger partial charge in [0, 0.05) is 17.8 Å². The van der Waals surface area contributed by atoms with Gasteiger partial charge in [-0.05, 0) is 41.7 Å². The van der Waals surface area contributed by atoms with E-state index in [1.165, 1.54) is 16.7 Å². The molecule has 3 aromatic carbocycles. The number of benzene rings is 3. The number of rotatable bonds is 3. The van der Waals surface area contributed by atoms with Crippen LogP contribution in [0.1, 0.15) is 45.1 Å². The lowest BCUT2D eigenvalue weighted by Gasteiger charge is -2.38. The van der Waals surface area contributed by atoms with Gasteiger partial charge in [0.25, 0.3) is 0 Å². The van der Waals surface area contributed by atoms with Crippen LogP contribution in [0.2, 0.25) is 0 Å². The zero-order chi connectivity index (χ0) is 19.7. The van der Waals surface area contributed by atoms with E-state index in [1.807, 2.05) is 23.3 Å². The Hall–Kier alpha value is -2.56. The fraction of sp³-hybridized carbons (Fsp3) is 0.240. The van der Waals surface area contributed by atoms with E-state index in [1.54, 1.807) is 12.1 Å². The number of carbonyl (C=O) groups is 1. The van der Waals surface area contributed by atoms with E-state index in [2.05, 4.69) is 66.4 Å². The lowest BCUT2D eigenvalue weighted by atomic mass is 9.85. The van der Waals surface area contributed by atoms with E-state index in [-0.39, 0.29) is 10.7 Å². The molecule has 5 rings (SSSR count). The van der Waals surface area contributed by atoms with Crippen molar-refractivity contribution in [2.75, 3.05) is 13.1 Å². The van der Waals surface area contributed by atoms with Crippen LogP contribution in [0.25, 0.3) is 0 Å². The fourth-order valence-electron chi connectivity index (χ4n) is 4.44. The Morgan fingerprint density at radius 2 is 1.48 bits per heavy atom. The first kappa shape index (κ1) is 18.5. The van der Waals surface area contributed by atoms with Crippen LogP contribution in [0.4, 0.5) is 0 Å². The van der Waals surface area contributed by atoms with Crippen molar-refractivity contribution in [3.8, 4) is 0 Å². The summed E-state index contributed by atoms with van der Waals surface area (Å²) in [4.78, 5) is 18.1. The topological polar surface area (TPSA) is 29.5 Å². The average Bonchev–Trinajstić information content (AvgIpc) is 3.11. The molecule has 0 saturated carbocycles. The monoisotopic (exact) mass is 401 g/mol. The molecule has 2 aliphatic heterocycles. The van der Waals surface area contributed by atoms with Crippen molar-refractivity contribution in [3.63, 3.8) is 0 Å². The van der Waals surface area contributed by atoms with Crippen LogP contribution in [-0.2, 0) is 9.58 Å². The van der Waals surface area contributed by atoms with Gasteiger partial charge < -0.3 is 4.84 Å². The summed E-state index contributed by atoms with van der Waals surface area (Å²) in [5.41, 5.74) is 4.84. The molecular formula is C25H23NO2S. The molecular weight excluding hydrogens is 378 g/mol. The maximum Gasteiger partial charge on any atom is 0.357 e. The van der Waals surface area contributed by atoms with Crippen LogP contribution in [0.5, 0.6) is 0 Å². The lowest BCUT2D eigenvalue weighted by molar-refractivity contribution is -0.123. The molecule has 29 heavy (non-hydrogen) atoms. The Balaban J connectivity index is 1.33. The third kappa shape index (κ3) is 3.47. The first-order valence-corrected chi connectivity index (χ1v) is 11.0. The molecule has 0 radical (unpaired) electrons. The van der Waals surface area contributed by atoms with E-state index in [0.29, 0.717) is 10.8 Å². The van der Waals surface area contributed by atoms with Crippen LogP contribution in [0.3, 0.4) is 0 Å². The van der Waals surface area contributed by atoms with Crippen molar-refractivity contribution in [1.29, 1.82) is 0 Å². The lowest BCUT2D eigenvalue weighted by Crippen LogP contribution is -2.41. The first-order valence-electron chi connectivity index (χ1n) is 10.1. The number of thioether (sulfide) groups is 1. The van der Waals surface area contributed by atoms with E-state index >= 15 is 0 Å². The van der Waals surface area contributed by atoms with Gasteiger partial charge in [0.05, 0.1) is 10.8 Å². The average molecular weight is 402 g/mol. The smallest absolute Gasteiger partial charge is 0.357 e. The first-order chi connectivity index (χ1) is 14.3. The number of fused-ring (bicyclic) bond motifs is 2. The highest BCUT2D eigenvalue weighted by Crippen LogP contribution is 2.61. The molecule has 146 valence electrons. The van der Waals surface area contributed by atoms with Crippen LogP contribution >= 0.6 is 11.8 Å². The molecule has 1 fully saturated rings. The maximum absolute atomic E-state index is 12.4. The highest BCUT2D eigenvalue weighted by Gasteiger charge is 2.47. The Morgan fingerprint density at radius 3 is 2.21 bits per heavy atom. The molecule has 1 atom stereocenters. The Kier molecular flexibility index (Phi) is 4.90. The highest BCUT2D eigenvalue weighted by atomic mass is 32.2. The zero-order valence-corrected chi connectivity index (χ0v) is 17.0. The quantitative estimate of drug-likeness (QED) is 0.572. The van der Waals surface area contributed by atoms with Gasteiger partial charge in [0.15, 0.2) is 0 Å². The SMILES string of the molecule is O=C(ON1CCC2(CC1)SC(c1ccccc1)c1ccccc12)c1ccccc1. The number of hydrogen-bond donors (Lipinski definition) is 0. The van der Waals surface area contributed by atoms with E-state index in [4.69, 9.17) is 4.84 Å². The molecule has 4 heteroatoms.